The van der Waals surface area contributed by atoms with Gasteiger partial charge in [-0.25, -0.2) is 0 Å². The van der Waals surface area contributed by atoms with Crippen LogP contribution in [0.5, 0.6) is 11.5 Å². The molecule has 4 heteroatoms. The molecular formula is C32H46N2O2. The van der Waals surface area contributed by atoms with Crippen LogP contribution < -0.4 is 9.47 Å². The maximum absolute atomic E-state index is 6.24. The number of rotatable bonds is 11. The fraction of sp³-hybridized carbons (Fsp3) is 0.562. The van der Waals surface area contributed by atoms with Gasteiger partial charge < -0.3 is 9.47 Å². The molecule has 1 atom stereocenters. The van der Waals surface area contributed by atoms with Crippen molar-refractivity contribution in [3.8, 4) is 11.5 Å². The molecule has 1 fully saturated rings. The molecule has 1 aliphatic heterocycles. The lowest BCUT2D eigenvalue weighted by Gasteiger charge is -2.28. The van der Waals surface area contributed by atoms with Crippen LogP contribution in [0, 0.1) is 5.92 Å². The molecule has 1 aliphatic carbocycles. The average Bonchev–Trinajstić information content (AvgIpc) is 3.33. The van der Waals surface area contributed by atoms with Gasteiger partial charge in [0.05, 0.1) is 7.11 Å². The van der Waals surface area contributed by atoms with Gasteiger partial charge in [0.15, 0.2) is 0 Å². The van der Waals surface area contributed by atoms with E-state index in [4.69, 9.17) is 9.47 Å². The Labute approximate surface area is 219 Å². The van der Waals surface area contributed by atoms with Crippen molar-refractivity contribution in [2.45, 2.75) is 73.0 Å². The molecule has 0 spiro atoms. The normalized spacial score (nSPS) is 18.3. The Balaban J connectivity index is 1.39. The molecule has 2 aromatic carbocycles. The zero-order chi connectivity index (χ0) is 25.7. The predicted octanol–water partition coefficient (Wildman–Crippen LogP) is 6.61. The van der Waals surface area contributed by atoms with Gasteiger partial charge in [-0.05, 0) is 92.1 Å². The predicted molar refractivity (Wildman–Crippen MR) is 151 cm³/mol. The number of nitrogens with zero attached hydrogens (tertiary/aromatic N) is 2. The summed E-state index contributed by atoms with van der Waals surface area (Å²) in [4.78, 5) is 5.29. The van der Waals surface area contributed by atoms with Gasteiger partial charge >= 0.3 is 0 Å². The number of likely N-dealkylation sites (tertiary alicyclic amines) is 1. The van der Waals surface area contributed by atoms with E-state index >= 15 is 0 Å². The highest BCUT2D eigenvalue weighted by molar-refractivity contribution is 5.72. The van der Waals surface area contributed by atoms with Crippen molar-refractivity contribution in [1.82, 2.24) is 9.80 Å². The van der Waals surface area contributed by atoms with E-state index in [2.05, 4.69) is 80.8 Å². The zero-order valence-electron chi connectivity index (χ0n) is 23.4. The van der Waals surface area contributed by atoms with Gasteiger partial charge in [0.2, 0.25) is 0 Å². The molecule has 1 heterocycles. The summed E-state index contributed by atoms with van der Waals surface area (Å²) in [5, 5.41) is 0. The van der Waals surface area contributed by atoms with Crippen LogP contribution in [0.2, 0.25) is 0 Å². The van der Waals surface area contributed by atoms with Gasteiger partial charge in [0.1, 0.15) is 18.1 Å². The number of ether oxygens (including phenoxy) is 2. The first-order valence-electron chi connectivity index (χ1n) is 14.0. The van der Waals surface area contributed by atoms with Crippen LogP contribution in [0.25, 0.3) is 5.57 Å². The Morgan fingerprint density at radius 2 is 1.86 bits per heavy atom. The quantitative estimate of drug-likeness (QED) is 0.354. The third-order valence-electron chi connectivity index (χ3n) is 8.09. The summed E-state index contributed by atoms with van der Waals surface area (Å²) in [7, 11) is 1.75. The summed E-state index contributed by atoms with van der Waals surface area (Å²) < 4.78 is 11.9. The third kappa shape index (κ3) is 6.33. The second-order valence-corrected chi connectivity index (χ2v) is 11.0. The van der Waals surface area contributed by atoms with E-state index in [1.54, 1.807) is 12.7 Å². The van der Waals surface area contributed by atoms with Crippen LogP contribution in [-0.2, 0) is 19.4 Å². The van der Waals surface area contributed by atoms with Crippen molar-refractivity contribution in [2.75, 3.05) is 39.8 Å². The van der Waals surface area contributed by atoms with Crippen molar-refractivity contribution in [3.63, 3.8) is 0 Å². The molecule has 2 aromatic rings. The lowest BCUT2D eigenvalue weighted by molar-refractivity contribution is 0.214. The number of aryl methyl sites for hydroxylation is 1. The molecule has 1 unspecified atom stereocenters. The lowest BCUT2D eigenvalue weighted by atomic mass is 9.86. The van der Waals surface area contributed by atoms with Gasteiger partial charge in [-0.3, -0.25) is 9.80 Å². The van der Waals surface area contributed by atoms with E-state index in [1.165, 1.54) is 41.8 Å². The maximum Gasteiger partial charge on any atom is 0.125 e. The van der Waals surface area contributed by atoms with Crippen molar-refractivity contribution in [3.05, 3.63) is 64.2 Å². The molecule has 0 saturated carbocycles. The molecule has 1 saturated heterocycles. The first-order valence-corrected chi connectivity index (χ1v) is 14.0. The Hall–Kier alpha value is -2.30. The average molecular weight is 491 g/mol. The summed E-state index contributed by atoms with van der Waals surface area (Å²) in [6, 6.07) is 13.9. The van der Waals surface area contributed by atoms with Crippen molar-refractivity contribution >= 4 is 5.57 Å². The van der Waals surface area contributed by atoms with Crippen LogP contribution >= 0.6 is 0 Å². The molecule has 4 rings (SSSR count). The molecule has 0 N–H and O–H groups in total. The Kier molecular flexibility index (Phi) is 9.14. The Bertz CT molecular complexity index is 1050. The zero-order valence-corrected chi connectivity index (χ0v) is 23.4. The summed E-state index contributed by atoms with van der Waals surface area (Å²) in [5.74, 6) is 2.49. The summed E-state index contributed by atoms with van der Waals surface area (Å²) in [6.45, 7) is 17.8. The second kappa shape index (κ2) is 12.3. The monoisotopic (exact) mass is 490 g/mol. The van der Waals surface area contributed by atoms with Crippen LogP contribution in [0.4, 0.5) is 0 Å². The highest BCUT2D eigenvalue weighted by atomic mass is 16.5. The van der Waals surface area contributed by atoms with E-state index < -0.39 is 0 Å². The molecular weight excluding hydrogens is 444 g/mol. The van der Waals surface area contributed by atoms with Gasteiger partial charge in [-0.1, -0.05) is 51.5 Å². The van der Waals surface area contributed by atoms with Gasteiger partial charge in [-0.2, -0.15) is 0 Å². The molecule has 0 amide bonds. The van der Waals surface area contributed by atoms with E-state index in [0.717, 1.165) is 62.0 Å². The number of likely N-dealkylation sites (N-methyl/N-ethyl adjacent to an activating group) is 1. The highest BCUT2D eigenvalue weighted by Gasteiger charge is 2.27. The van der Waals surface area contributed by atoms with E-state index in [1.807, 2.05) is 0 Å². The second-order valence-electron chi connectivity index (χ2n) is 11.0. The van der Waals surface area contributed by atoms with Crippen LogP contribution in [0.15, 0.2) is 42.0 Å². The van der Waals surface area contributed by atoms with Gasteiger partial charge in [-0.15, -0.1) is 0 Å². The lowest BCUT2D eigenvalue weighted by Crippen LogP contribution is -2.37. The Morgan fingerprint density at radius 3 is 2.58 bits per heavy atom. The van der Waals surface area contributed by atoms with Crippen molar-refractivity contribution in [1.29, 1.82) is 0 Å². The summed E-state index contributed by atoms with van der Waals surface area (Å²) in [6.07, 6.45) is 4.61. The van der Waals surface area contributed by atoms with E-state index in [9.17, 15) is 0 Å². The topological polar surface area (TPSA) is 24.9 Å². The first kappa shape index (κ1) is 26.8. The first-order chi connectivity index (χ1) is 17.4. The standard InChI is InChI=1S/C32H46N2O2/c1-7-34(8-2)29-15-16-33(21-29)20-27-12-11-26-19-30(13-14-31(26)24(27)5)36-22-28-10-9-25(17-23(3)4)18-32(28)35-6/h9-10,13-14,18-19,23,29H,7-8,11-12,15-17,20-22H2,1-6H3. The van der Waals surface area contributed by atoms with Crippen LogP contribution in [0.1, 0.15) is 69.7 Å². The number of hydrogen-bond donors (Lipinski definition) is 0. The van der Waals surface area contributed by atoms with E-state index in [-0.39, 0.29) is 0 Å². The van der Waals surface area contributed by atoms with Crippen molar-refractivity contribution < 1.29 is 9.47 Å². The minimum atomic E-state index is 0.520. The molecule has 0 radical (unpaired) electrons. The highest BCUT2D eigenvalue weighted by Crippen LogP contribution is 2.35. The van der Waals surface area contributed by atoms with Crippen LogP contribution in [-0.4, -0.2) is 55.7 Å². The van der Waals surface area contributed by atoms with E-state index in [0.29, 0.717) is 12.5 Å². The molecule has 196 valence electrons. The van der Waals surface area contributed by atoms with Crippen molar-refractivity contribution in [2.24, 2.45) is 5.92 Å². The van der Waals surface area contributed by atoms with Crippen LogP contribution in [0.3, 0.4) is 0 Å². The fourth-order valence-corrected chi connectivity index (χ4v) is 6.03. The maximum atomic E-state index is 6.24. The number of allylic oxidation sites excluding steroid dienone is 1. The molecule has 0 bridgehead atoms. The molecule has 0 aromatic heterocycles. The number of benzene rings is 2. The summed E-state index contributed by atoms with van der Waals surface area (Å²) in [5.41, 5.74) is 8.30. The Morgan fingerprint density at radius 1 is 1.06 bits per heavy atom. The SMILES string of the molecule is CCN(CC)C1CCN(CC2=C(C)c3ccc(OCc4ccc(CC(C)C)cc4OC)cc3CC2)C1. The van der Waals surface area contributed by atoms with Gasteiger partial charge in [0, 0.05) is 31.2 Å². The minimum absolute atomic E-state index is 0.520. The number of hydrogen-bond acceptors (Lipinski definition) is 4. The fourth-order valence-electron chi connectivity index (χ4n) is 6.03. The molecule has 2 aliphatic rings. The number of methoxy groups -OCH3 is 1. The molecule has 36 heavy (non-hydrogen) atoms. The summed E-state index contributed by atoms with van der Waals surface area (Å²) >= 11 is 0. The molecule has 4 nitrogen and oxygen atoms in total. The smallest absolute Gasteiger partial charge is 0.125 e. The largest absolute Gasteiger partial charge is 0.496 e. The number of fused-ring (bicyclic) bond motifs is 1. The minimum Gasteiger partial charge on any atom is -0.496 e. The third-order valence-corrected chi connectivity index (χ3v) is 8.09. The van der Waals surface area contributed by atoms with Gasteiger partial charge in [0.25, 0.3) is 0 Å².